The highest BCUT2D eigenvalue weighted by molar-refractivity contribution is 5.97. The summed E-state index contributed by atoms with van der Waals surface area (Å²) in [6.45, 7) is 0.495. The molecule has 2 atom stereocenters. The summed E-state index contributed by atoms with van der Waals surface area (Å²) in [6, 6.07) is 5.08. The van der Waals surface area contributed by atoms with E-state index in [1.165, 1.54) is 7.11 Å². The van der Waals surface area contributed by atoms with Gasteiger partial charge in [0.2, 0.25) is 0 Å². The van der Waals surface area contributed by atoms with Crippen molar-refractivity contribution in [1.82, 2.24) is 5.32 Å². The number of methoxy groups -OCH3 is 2. The lowest BCUT2D eigenvalue weighted by molar-refractivity contribution is 0.0914. The van der Waals surface area contributed by atoms with Crippen LogP contribution in [0.4, 0.5) is 0 Å². The number of aliphatic hydroxyl groups excluding tert-OH is 1. The van der Waals surface area contributed by atoms with Gasteiger partial charge in [-0.1, -0.05) is 6.42 Å². The molecule has 1 aromatic carbocycles. The van der Waals surface area contributed by atoms with E-state index in [0.29, 0.717) is 23.6 Å². The highest BCUT2D eigenvalue weighted by atomic mass is 16.5. The summed E-state index contributed by atoms with van der Waals surface area (Å²) in [5, 5.41) is 12.6. The van der Waals surface area contributed by atoms with E-state index < -0.39 is 0 Å². The van der Waals surface area contributed by atoms with Gasteiger partial charge in [-0.25, -0.2) is 0 Å². The fourth-order valence-corrected chi connectivity index (χ4v) is 2.56. The molecule has 0 bridgehead atoms. The highest BCUT2D eigenvalue weighted by Crippen LogP contribution is 2.26. The van der Waals surface area contributed by atoms with Crippen LogP contribution in [0.1, 0.15) is 29.6 Å². The van der Waals surface area contributed by atoms with Crippen molar-refractivity contribution in [2.75, 3.05) is 20.8 Å². The lowest BCUT2D eigenvalue weighted by Crippen LogP contribution is -2.32. The molecular formula is C15H21NO4. The zero-order valence-electron chi connectivity index (χ0n) is 11.9. The summed E-state index contributed by atoms with van der Waals surface area (Å²) in [6.07, 6.45) is 2.51. The molecule has 2 rings (SSSR count). The van der Waals surface area contributed by atoms with Crippen molar-refractivity contribution < 1.29 is 19.4 Å². The minimum atomic E-state index is -0.298. The molecule has 1 saturated carbocycles. The molecule has 110 valence electrons. The van der Waals surface area contributed by atoms with Crippen LogP contribution >= 0.6 is 0 Å². The van der Waals surface area contributed by atoms with Crippen LogP contribution in [0, 0.1) is 5.92 Å². The topological polar surface area (TPSA) is 67.8 Å². The molecule has 0 spiro atoms. The van der Waals surface area contributed by atoms with Crippen molar-refractivity contribution in [2.45, 2.75) is 25.4 Å². The lowest BCUT2D eigenvalue weighted by Gasteiger charge is -2.16. The first-order chi connectivity index (χ1) is 9.65. The lowest BCUT2D eigenvalue weighted by atomic mass is 10.1. The maximum Gasteiger partial charge on any atom is 0.255 e. The van der Waals surface area contributed by atoms with Crippen molar-refractivity contribution in [1.29, 1.82) is 0 Å². The van der Waals surface area contributed by atoms with Crippen LogP contribution in [0.5, 0.6) is 11.5 Å². The molecule has 0 heterocycles. The van der Waals surface area contributed by atoms with E-state index in [9.17, 15) is 9.90 Å². The van der Waals surface area contributed by atoms with Gasteiger partial charge in [-0.2, -0.15) is 0 Å². The number of aliphatic hydroxyl groups is 1. The summed E-state index contributed by atoms with van der Waals surface area (Å²) in [7, 11) is 3.09. The van der Waals surface area contributed by atoms with E-state index in [2.05, 4.69) is 5.32 Å². The Morgan fingerprint density at radius 2 is 2.15 bits per heavy atom. The summed E-state index contributed by atoms with van der Waals surface area (Å²) in [4.78, 5) is 12.2. The summed E-state index contributed by atoms with van der Waals surface area (Å²) < 4.78 is 10.3. The minimum Gasteiger partial charge on any atom is -0.497 e. The second-order valence-electron chi connectivity index (χ2n) is 5.03. The van der Waals surface area contributed by atoms with Crippen molar-refractivity contribution in [3.05, 3.63) is 23.8 Å². The molecule has 0 aliphatic heterocycles. The predicted molar refractivity (Wildman–Crippen MR) is 75.2 cm³/mol. The third-order valence-electron chi connectivity index (χ3n) is 3.80. The molecule has 0 saturated heterocycles. The van der Waals surface area contributed by atoms with Gasteiger partial charge in [0, 0.05) is 18.5 Å². The molecule has 1 aromatic rings. The number of carbonyl (C=O) groups is 1. The van der Waals surface area contributed by atoms with Crippen LogP contribution in [-0.2, 0) is 0 Å². The fraction of sp³-hybridized carbons (Fsp3) is 0.533. The SMILES string of the molecule is COc1ccc(C(=O)NCC2CCCC2O)c(OC)c1. The van der Waals surface area contributed by atoms with Gasteiger partial charge < -0.3 is 19.9 Å². The molecule has 5 heteroatoms. The first kappa shape index (κ1) is 14.7. The summed E-state index contributed by atoms with van der Waals surface area (Å²) in [5.74, 6) is 1.09. The third-order valence-corrected chi connectivity index (χ3v) is 3.80. The Morgan fingerprint density at radius 1 is 1.35 bits per heavy atom. The van der Waals surface area contributed by atoms with Crippen molar-refractivity contribution in [3.8, 4) is 11.5 Å². The Morgan fingerprint density at radius 3 is 2.75 bits per heavy atom. The first-order valence-electron chi connectivity index (χ1n) is 6.84. The average molecular weight is 279 g/mol. The quantitative estimate of drug-likeness (QED) is 0.859. The first-order valence-corrected chi connectivity index (χ1v) is 6.84. The second kappa shape index (κ2) is 6.61. The number of hydrogen-bond acceptors (Lipinski definition) is 4. The van der Waals surface area contributed by atoms with E-state index in [1.54, 1.807) is 25.3 Å². The average Bonchev–Trinajstić information content (AvgIpc) is 2.89. The van der Waals surface area contributed by atoms with E-state index in [-0.39, 0.29) is 17.9 Å². The fourth-order valence-electron chi connectivity index (χ4n) is 2.56. The maximum atomic E-state index is 12.2. The van der Waals surface area contributed by atoms with Crippen LogP contribution < -0.4 is 14.8 Å². The summed E-state index contributed by atoms with van der Waals surface area (Å²) >= 11 is 0. The molecule has 1 fully saturated rings. The van der Waals surface area contributed by atoms with Crippen LogP contribution in [0.3, 0.4) is 0 Å². The molecule has 2 unspecified atom stereocenters. The number of benzene rings is 1. The molecule has 0 aromatic heterocycles. The third kappa shape index (κ3) is 3.22. The standard InChI is InChI=1S/C15H21NO4/c1-19-11-6-7-12(14(8-11)20-2)15(18)16-9-10-4-3-5-13(10)17/h6-8,10,13,17H,3-5,9H2,1-2H3,(H,16,18). The van der Waals surface area contributed by atoms with Crippen LogP contribution in [0.2, 0.25) is 0 Å². The predicted octanol–water partition coefficient (Wildman–Crippen LogP) is 1.59. The highest BCUT2D eigenvalue weighted by Gasteiger charge is 2.25. The zero-order chi connectivity index (χ0) is 14.5. The van der Waals surface area contributed by atoms with Gasteiger partial charge in [0.15, 0.2) is 0 Å². The number of hydrogen-bond donors (Lipinski definition) is 2. The van der Waals surface area contributed by atoms with E-state index in [0.717, 1.165) is 19.3 Å². The number of ether oxygens (including phenoxy) is 2. The van der Waals surface area contributed by atoms with E-state index in [4.69, 9.17) is 9.47 Å². The van der Waals surface area contributed by atoms with Gasteiger partial charge in [-0.05, 0) is 25.0 Å². The number of carbonyl (C=O) groups excluding carboxylic acids is 1. The normalized spacial score (nSPS) is 21.6. The molecule has 1 aliphatic carbocycles. The summed E-state index contributed by atoms with van der Waals surface area (Å²) in [5.41, 5.74) is 0.473. The monoisotopic (exact) mass is 279 g/mol. The van der Waals surface area contributed by atoms with Crippen molar-refractivity contribution in [2.24, 2.45) is 5.92 Å². The second-order valence-corrected chi connectivity index (χ2v) is 5.03. The minimum absolute atomic E-state index is 0.156. The Kier molecular flexibility index (Phi) is 4.84. The molecule has 0 radical (unpaired) electrons. The van der Waals surface area contributed by atoms with Gasteiger partial charge in [-0.3, -0.25) is 4.79 Å². The smallest absolute Gasteiger partial charge is 0.255 e. The molecule has 1 amide bonds. The van der Waals surface area contributed by atoms with Crippen LogP contribution in [0.15, 0.2) is 18.2 Å². The van der Waals surface area contributed by atoms with Crippen LogP contribution in [0.25, 0.3) is 0 Å². The Labute approximate surface area is 118 Å². The number of rotatable bonds is 5. The molecular weight excluding hydrogens is 258 g/mol. The Balaban J connectivity index is 2.01. The Bertz CT molecular complexity index is 475. The van der Waals surface area contributed by atoms with Gasteiger partial charge in [0.05, 0.1) is 25.9 Å². The number of amides is 1. The maximum absolute atomic E-state index is 12.2. The van der Waals surface area contributed by atoms with Gasteiger partial charge in [0.25, 0.3) is 5.91 Å². The van der Waals surface area contributed by atoms with E-state index >= 15 is 0 Å². The van der Waals surface area contributed by atoms with Crippen molar-refractivity contribution >= 4 is 5.91 Å². The molecule has 20 heavy (non-hydrogen) atoms. The van der Waals surface area contributed by atoms with Gasteiger partial charge in [-0.15, -0.1) is 0 Å². The molecule has 1 aliphatic rings. The number of nitrogens with one attached hydrogen (secondary N) is 1. The van der Waals surface area contributed by atoms with Crippen molar-refractivity contribution in [3.63, 3.8) is 0 Å². The zero-order valence-corrected chi connectivity index (χ0v) is 11.9. The van der Waals surface area contributed by atoms with Gasteiger partial charge in [0.1, 0.15) is 11.5 Å². The van der Waals surface area contributed by atoms with Crippen LogP contribution in [-0.4, -0.2) is 37.9 Å². The van der Waals surface area contributed by atoms with E-state index in [1.807, 2.05) is 0 Å². The molecule has 2 N–H and O–H groups in total. The molecule has 5 nitrogen and oxygen atoms in total. The van der Waals surface area contributed by atoms with Gasteiger partial charge >= 0.3 is 0 Å². The largest absolute Gasteiger partial charge is 0.497 e. The Hall–Kier alpha value is -1.75.